The van der Waals surface area contributed by atoms with Crippen LogP contribution in [-0.4, -0.2) is 41.1 Å². The molecular weight excluding hydrogens is 256 g/mol. The molecule has 0 unspecified atom stereocenters. The number of hydrogen-bond acceptors (Lipinski definition) is 5. The molecule has 1 aromatic heterocycles. The molecule has 0 radical (unpaired) electrons. The van der Waals surface area contributed by atoms with Gasteiger partial charge in [-0.25, -0.2) is 4.79 Å². The summed E-state index contributed by atoms with van der Waals surface area (Å²) in [5.41, 5.74) is -0.587. The van der Waals surface area contributed by atoms with Gasteiger partial charge in [0.2, 0.25) is 5.56 Å². The quantitative estimate of drug-likeness (QED) is 0.595. The molecule has 0 spiro atoms. The summed E-state index contributed by atoms with van der Waals surface area (Å²) in [6.07, 6.45) is -0.505. The normalized spacial score (nSPS) is 11.4. The minimum absolute atomic E-state index is 0.0939. The van der Waals surface area contributed by atoms with Crippen molar-refractivity contribution >= 4 is 17.8 Å². The van der Waals surface area contributed by atoms with Gasteiger partial charge in [0.1, 0.15) is 11.7 Å². The zero-order valence-electron chi connectivity index (χ0n) is 10.0. The number of ether oxygens (including phenoxy) is 1. The number of carbonyl (C=O) groups is 3. The second kappa shape index (κ2) is 6.34. The Morgan fingerprint density at radius 1 is 1.42 bits per heavy atom. The number of H-pyrrole nitrogens is 1. The van der Waals surface area contributed by atoms with Crippen molar-refractivity contribution in [3.05, 3.63) is 34.2 Å². The van der Waals surface area contributed by atoms with Crippen molar-refractivity contribution in [3.8, 4) is 0 Å². The molecule has 3 N–H and O–H groups in total. The number of pyridine rings is 1. The molecule has 0 bridgehead atoms. The van der Waals surface area contributed by atoms with E-state index >= 15 is 0 Å². The first-order valence-corrected chi connectivity index (χ1v) is 5.24. The molecule has 1 rings (SSSR count). The summed E-state index contributed by atoms with van der Waals surface area (Å²) in [4.78, 5) is 46.8. The Bertz CT molecular complexity index is 550. The van der Waals surface area contributed by atoms with Crippen LogP contribution in [0.1, 0.15) is 16.9 Å². The second-order valence-electron chi connectivity index (χ2n) is 3.57. The molecule has 0 saturated carbocycles. The number of amides is 1. The van der Waals surface area contributed by atoms with Gasteiger partial charge >= 0.3 is 11.9 Å². The van der Waals surface area contributed by atoms with Gasteiger partial charge in [0, 0.05) is 6.07 Å². The predicted molar refractivity (Wildman–Crippen MR) is 62.6 cm³/mol. The molecule has 0 aliphatic rings. The summed E-state index contributed by atoms with van der Waals surface area (Å²) in [6, 6.07) is 2.45. The SMILES string of the molecule is COC(=O)C[C@H](NC(=O)c1cccc(=O)[nH]1)C(=O)O. The lowest BCUT2D eigenvalue weighted by Gasteiger charge is -2.12. The molecule has 1 heterocycles. The highest BCUT2D eigenvalue weighted by Gasteiger charge is 2.24. The van der Waals surface area contributed by atoms with Crippen molar-refractivity contribution < 1.29 is 24.2 Å². The van der Waals surface area contributed by atoms with Crippen LogP contribution < -0.4 is 10.9 Å². The monoisotopic (exact) mass is 268 g/mol. The first-order valence-electron chi connectivity index (χ1n) is 5.24. The third kappa shape index (κ3) is 4.26. The molecule has 1 amide bonds. The van der Waals surface area contributed by atoms with Gasteiger partial charge in [-0.1, -0.05) is 6.07 Å². The van der Waals surface area contributed by atoms with Crippen LogP contribution in [0, 0.1) is 0 Å². The van der Waals surface area contributed by atoms with Gasteiger partial charge in [0.05, 0.1) is 13.5 Å². The summed E-state index contributed by atoms with van der Waals surface area (Å²) in [6.45, 7) is 0. The molecular formula is C11H12N2O6. The largest absolute Gasteiger partial charge is 0.480 e. The zero-order valence-corrected chi connectivity index (χ0v) is 10.0. The Hall–Kier alpha value is -2.64. The van der Waals surface area contributed by atoms with E-state index in [1.165, 1.54) is 18.2 Å². The fourth-order valence-corrected chi connectivity index (χ4v) is 1.27. The zero-order chi connectivity index (χ0) is 14.4. The van der Waals surface area contributed by atoms with Crippen molar-refractivity contribution in [1.82, 2.24) is 10.3 Å². The smallest absolute Gasteiger partial charge is 0.326 e. The van der Waals surface area contributed by atoms with E-state index in [-0.39, 0.29) is 5.69 Å². The number of carbonyl (C=O) groups excluding carboxylic acids is 2. The van der Waals surface area contributed by atoms with Crippen molar-refractivity contribution in [2.24, 2.45) is 0 Å². The highest BCUT2D eigenvalue weighted by Crippen LogP contribution is 1.98. The van der Waals surface area contributed by atoms with Crippen molar-refractivity contribution in [2.75, 3.05) is 7.11 Å². The van der Waals surface area contributed by atoms with E-state index in [1.807, 2.05) is 0 Å². The standard InChI is InChI=1S/C11H12N2O6/c1-19-9(15)5-7(11(17)18)13-10(16)6-3-2-4-8(14)12-6/h2-4,7H,5H2,1H3,(H,12,14)(H,13,16)(H,17,18)/t7-/m0/s1. The van der Waals surface area contributed by atoms with Crippen molar-refractivity contribution in [3.63, 3.8) is 0 Å². The molecule has 0 fully saturated rings. The maximum absolute atomic E-state index is 11.7. The second-order valence-corrected chi connectivity index (χ2v) is 3.57. The maximum atomic E-state index is 11.7. The minimum atomic E-state index is -1.43. The van der Waals surface area contributed by atoms with Gasteiger partial charge in [0.15, 0.2) is 0 Å². The fourth-order valence-electron chi connectivity index (χ4n) is 1.27. The van der Waals surface area contributed by atoms with Gasteiger partial charge in [-0.15, -0.1) is 0 Å². The van der Waals surface area contributed by atoms with E-state index in [4.69, 9.17) is 5.11 Å². The molecule has 1 atom stereocenters. The van der Waals surface area contributed by atoms with Crippen molar-refractivity contribution in [1.29, 1.82) is 0 Å². The third-order valence-corrected chi connectivity index (χ3v) is 2.21. The average Bonchev–Trinajstić information content (AvgIpc) is 2.37. The predicted octanol–water partition coefficient (Wildman–Crippen LogP) is -0.879. The van der Waals surface area contributed by atoms with Gasteiger partial charge in [-0.3, -0.25) is 14.4 Å². The number of aromatic amines is 1. The number of rotatable bonds is 5. The minimum Gasteiger partial charge on any atom is -0.480 e. The van der Waals surface area contributed by atoms with Crippen LogP contribution in [0.5, 0.6) is 0 Å². The molecule has 1 aromatic rings. The molecule has 0 saturated heterocycles. The van der Waals surface area contributed by atoms with E-state index in [1.54, 1.807) is 0 Å². The third-order valence-electron chi connectivity index (χ3n) is 2.21. The van der Waals surface area contributed by atoms with Crippen molar-refractivity contribution in [2.45, 2.75) is 12.5 Å². The van der Waals surface area contributed by atoms with E-state index in [0.717, 1.165) is 7.11 Å². The van der Waals surface area contributed by atoms with E-state index in [2.05, 4.69) is 15.0 Å². The highest BCUT2D eigenvalue weighted by atomic mass is 16.5. The van der Waals surface area contributed by atoms with Crippen LogP contribution in [0.15, 0.2) is 23.0 Å². The van der Waals surface area contributed by atoms with E-state index in [0.29, 0.717) is 0 Å². The lowest BCUT2D eigenvalue weighted by molar-refractivity contribution is -0.147. The molecule has 8 nitrogen and oxygen atoms in total. The maximum Gasteiger partial charge on any atom is 0.326 e. The number of aliphatic carboxylic acids is 1. The molecule has 102 valence electrons. The number of aromatic nitrogens is 1. The number of esters is 1. The van der Waals surface area contributed by atoms with Gasteiger partial charge in [-0.2, -0.15) is 0 Å². The van der Waals surface area contributed by atoms with Crippen LogP contribution in [0.4, 0.5) is 0 Å². The first kappa shape index (κ1) is 14.4. The molecule has 19 heavy (non-hydrogen) atoms. The lowest BCUT2D eigenvalue weighted by atomic mass is 10.2. The van der Waals surface area contributed by atoms with Gasteiger partial charge in [-0.05, 0) is 6.07 Å². The summed E-state index contributed by atoms with van der Waals surface area (Å²) in [7, 11) is 1.11. The topological polar surface area (TPSA) is 126 Å². The molecule has 0 aliphatic heterocycles. The average molecular weight is 268 g/mol. The van der Waals surface area contributed by atoms with Crippen LogP contribution in [-0.2, 0) is 14.3 Å². The van der Waals surface area contributed by atoms with Crippen LogP contribution in [0.3, 0.4) is 0 Å². The number of nitrogens with one attached hydrogen (secondary N) is 2. The van der Waals surface area contributed by atoms with Gasteiger partial charge < -0.3 is 20.1 Å². The summed E-state index contributed by atoms with van der Waals surface area (Å²) < 4.78 is 4.33. The summed E-state index contributed by atoms with van der Waals surface area (Å²) in [5.74, 6) is -2.94. The number of carboxylic acids is 1. The van der Waals surface area contributed by atoms with Crippen LogP contribution >= 0.6 is 0 Å². The Morgan fingerprint density at radius 3 is 2.63 bits per heavy atom. The van der Waals surface area contributed by atoms with Crippen LogP contribution in [0.25, 0.3) is 0 Å². The number of hydrogen-bond donors (Lipinski definition) is 3. The number of methoxy groups -OCH3 is 1. The molecule has 0 aliphatic carbocycles. The molecule has 0 aromatic carbocycles. The highest BCUT2D eigenvalue weighted by molar-refractivity contribution is 5.95. The Morgan fingerprint density at radius 2 is 2.11 bits per heavy atom. The summed E-state index contributed by atoms with van der Waals surface area (Å²) >= 11 is 0. The lowest BCUT2D eigenvalue weighted by Crippen LogP contribution is -2.43. The summed E-state index contributed by atoms with van der Waals surface area (Å²) in [5, 5.41) is 11.0. The Kier molecular flexibility index (Phi) is 4.81. The van der Waals surface area contributed by atoms with E-state index in [9.17, 15) is 19.2 Å². The molecule has 8 heteroatoms. The number of carboxylic acid groups (broad SMARTS) is 1. The van der Waals surface area contributed by atoms with E-state index < -0.39 is 35.9 Å². The van der Waals surface area contributed by atoms with Crippen LogP contribution in [0.2, 0.25) is 0 Å². The first-order chi connectivity index (χ1) is 8.93. The Balaban J connectivity index is 2.79. The fraction of sp³-hybridized carbons (Fsp3) is 0.273. The Labute approximate surface area is 107 Å². The van der Waals surface area contributed by atoms with Gasteiger partial charge in [0.25, 0.3) is 5.91 Å².